The Morgan fingerprint density at radius 3 is 2.47 bits per heavy atom. The lowest BCUT2D eigenvalue weighted by molar-refractivity contribution is 0.170. The molecule has 0 aliphatic rings. The fraction of sp³-hybridized carbons (Fsp3) is 0.571. The molecule has 3 heteroatoms. The molecule has 96 valence electrons. The summed E-state index contributed by atoms with van der Waals surface area (Å²) in [5, 5.41) is 4.31. The Morgan fingerprint density at radius 1 is 1.29 bits per heavy atom. The predicted octanol–water partition coefficient (Wildman–Crippen LogP) is 3.66. The van der Waals surface area contributed by atoms with Gasteiger partial charge < -0.3 is 10.1 Å². The van der Waals surface area contributed by atoms with Crippen LogP contribution in [0.15, 0.2) is 24.3 Å². The van der Waals surface area contributed by atoms with E-state index in [1.165, 1.54) is 5.56 Å². The van der Waals surface area contributed by atoms with Crippen molar-refractivity contribution >= 4 is 11.6 Å². The maximum atomic E-state index is 5.92. The summed E-state index contributed by atoms with van der Waals surface area (Å²) in [7, 11) is 1.75. The average Bonchev–Trinajstić information content (AvgIpc) is 2.34. The molecule has 0 aliphatic carbocycles. The number of hydrogen-bond donors (Lipinski definition) is 1. The highest BCUT2D eigenvalue weighted by molar-refractivity contribution is 6.30. The van der Waals surface area contributed by atoms with Crippen LogP contribution in [0.5, 0.6) is 0 Å². The lowest BCUT2D eigenvalue weighted by Crippen LogP contribution is -2.27. The van der Waals surface area contributed by atoms with Crippen LogP contribution in [0.4, 0.5) is 0 Å². The summed E-state index contributed by atoms with van der Waals surface area (Å²) in [4.78, 5) is 0. The molecule has 0 bridgehead atoms. The van der Waals surface area contributed by atoms with Gasteiger partial charge in [-0.3, -0.25) is 0 Å². The van der Waals surface area contributed by atoms with Gasteiger partial charge >= 0.3 is 0 Å². The molecule has 2 unspecified atom stereocenters. The Bertz CT molecular complexity index is 313. The Hall–Kier alpha value is -0.570. The van der Waals surface area contributed by atoms with E-state index < -0.39 is 0 Å². The van der Waals surface area contributed by atoms with Crippen molar-refractivity contribution in [1.29, 1.82) is 0 Å². The number of benzene rings is 1. The molecule has 1 rings (SSSR count). The van der Waals surface area contributed by atoms with Crippen molar-refractivity contribution < 1.29 is 4.74 Å². The third-order valence-corrected chi connectivity index (χ3v) is 3.25. The van der Waals surface area contributed by atoms with Gasteiger partial charge in [-0.05, 0) is 36.6 Å². The smallest absolute Gasteiger partial charge is 0.0465 e. The molecule has 0 saturated heterocycles. The van der Waals surface area contributed by atoms with Crippen molar-refractivity contribution in [3.63, 3.8) is 0 Å². The summed E-state index contributed by atoms with van der Waals surface area (Å²) in [5.74, 6) is 0.538. The maximum Gasteiger partial charge on any atom is 0.0465 e. The van der Waals surface area contributed by atoms with Gasteiger partial charge in [0.2, 0.25) is 0 Å². The maximum absolute atomic E-state index is 5.92. The first kappa shape index (κ1) is 14.5. The Labute approximate surface area is 109 Å². The van der Waals surface area contributed by atoms with Gasteiger partial charge in [-0.1, -0.05) is 37.6 Å². The largest absolute Gasteiger partial charge is 0.385 e. The van der Waals surface area contributed by atoms with E-state index in [-0.39, 0.29) is 0 Å². The zero-order valence-electron chi connectivity index (χ0n) is 10.9. The van der Waals surface area contributed by atoms with E-state index in [0.29, 0.717) is 12.0 Å². The first-order valence-corrected chi connectivity index (χ1v) is 6.54. The summed E-state index contributed by atoms with van der Waals surface area (Å²) in [6.45, 7) is 6.15. The minimum Gasteiger partial charge on any atom is -0.385 e. The van der Waals surface area contributed by atoms with Crippen LogP contribution >= 0.6 is 11.6 Å². The van der Waals surface area contributed by atoms with Crippen molar-refractivity contribution in [3.05, 3.63) is 34.9 Å². The van der Waals surface area contributed by atoms with Crippen LogP contribution in [0.25, 0.3) is 0 Å². The van der Waals surface area contributed by atoms with Crippen LogP contribution < -0.4 is 5.32 Å². The molecule has 17 heavy (non-hydrogen) atoms. The summed E-state index contributed by atoms with van der Waals surface area (Å²) in [5.41, 5.74) is 1.29. The molecule has 0 aliphatic heterocycles. The molecule has 2 nitrogen and oxygen atoms in total. The second-order valence-corrected chi connectivity index (χ2v) is 4.78. The summed E-state index contributed by atoms with van der Waals surface area (Å²) in [6, 6.07) is 8.46. The number of nitrogens with one attached hydrogen (secondary N) is 1. The zero-order chi connectivity index (χ0) is 12.7. The van der Waals surface area contributed by atoms with Crippen molar-refractivity contribution in [2.75, 3.05) is 20.3 Å². The van der Waals surface area contributed by atoms with Crippen LogP contribution in [0.2, 0.25) is 5.02 Å². The summed E-state index contributed by atoms with van der Waals surface area (Å²) >= 11 is 5.92. The van der Waals surface area contributed by atoms with Gasteiger partial charge in [-0.25, -0.2) is 0 Å². The third-order valence-electron chi connectivity index (χ3n) is 3.00. The molecule has 0 heterocycles. The number of ether oxygens (including phenoxy) is 1. The van der Waals surface area contributed by atoms with Crippen LogP contribution in [-0.2, 0) is 4.74 Å². The normalized spacial score (nSPS) is 14.6. The first-order valence-electron chi connectivity index (χ1n) is 6.16. The number of halogens is 1. The number of methoxy groups -OCH3 is 1. The van der Waals surface area contributed by atoms with Gasteiger partial charge in [-0.15, -0.1) is 0 Å². The number of rotatable bonds is 7. The van der Waals surface area contributed by atoms with Crippen LogP contribution in [0, 0.1) is 5.92 Å². The van der Waals surface area contributed by atoms with Crippen molar-refractivity contribution in [3.8, 4) is 0 Å². The van der Waals surface area contributed by atoms with E-state index in [2.05, 4.69) is 31.3 Å². The van der Waals surface area contributed by atoms with E-state index >= 15 is 0 Å². The minimum absolute atomic E-state index is 0.368. The third kappa shape index (κ3) is 4.66. The van der Waals surface area contributed by atoms with E-state index in [9.17, 15) is 0 Å². The second kappa shape index (κ2) is 7.70. The van der Waals surface area contributed by atoms with E-state index in [1.807, 2.05) is 12.1 Å². The lowest BCUT2D eigenvalue weighted by Gasteiger charge is -2.25. The minimum atomic E-state index is 0.368. The monoisotopic (exact) mass is 255 g/mol. The van der Waals surface area contributed by atoms with Gasteiger partial charge in [0.1, 0.15) is 0 Å². The lowest BCUT2D eigenvalue weighted by atomic mass is 9.92. The van der Waals surface area contributed by atoms with Gasteiger partial charge in [0.15, 0.2) is 0 Å². The van der Waals surface area contributed by atoms with Crippen molar-refractivity contribution in [1.82, 2.24) is 5.32 Å². The molecule has 1 aromatic rings. The molecular weight excluding hydrogens is 234 g/mol. The summed E-state index contributed by atoms with van der Waals surface area (Å²) < 4.78 is 5.15. The fourth-order valence-corrected chi connectivity index (χ4v) is 2.13. The highest BCUT2D eigenvalue weighted by Gasteiger charge is 2.17. The van der Waals surface area contributed by atoms with E-state index in [0.717, 1.165) is 24.6 Å². The second-order valence-electron chi connectivity index (χ2n) is 4.35. The van der Waals surface area contributed by atoms with Crippen molar-refractivity contribution in [2.45, 2.75) is 26.3 Å². The molecule has 0 fully saturated rings. The standard InChI is InChI=1S/C14H22ClNO/c1-4-16-14(11(2)9-10-17-3)12-5-7-13(15)8-6-12/h5-8,11,14,16H,4,9-10H2,1-3H3. The van der Waals surface area contributed by atoms with Crippen LogP contribution in [0.1, 0.15) is 31.9 Å². The molecule has 0 radical (unpaired) electrons. The van der Waals surface area contributed by atoms with Gasteiger partial charge in [0.25, 0.3) is 0 Å². The van der Waals surface area contributed by atoms with E-state index in [1.54, 1.807) is 7.11 Å². The highest BCUT2D eigenvalue weighted by atomic mass is 35.5. The molecule has 1 aromatic carbocycles. The topological polar surface area (TPSA) is 21.3 Å². The Morgan fingerprint density at radius 2 is 1.94 bits per heavy atom. The Kier molecular flexibility index (Phi) is 6.56. The Balaban J connectivity index is 2.73. The molecule has 1 N–H and O–H groups in total. The number of hydrogen-bond acceptors (Lipinski definition) is 2. The molecule has 2 atom stereocenters. The molecule has 0 amide bonds. The molecule has 0 spiro atoms. The van der Waals surface area contributed by atoms with Gasteiger partial charge in [0.05, 0.1) is 0 Å². The zero-order valence-corrected chi connectivity index (χ0v) is 11.6. The fourth-order valence-electron chi connectivity index (χ4n) is 2.01. The van der Waals surface area contributed by atoms with Gasteiger partial charge in [0, 0.05) is 24.8 Å². The molecule has 0 saturated carbocycles. The van der Waals surface area contributed by atoms with Crippen LogP contribution in [-0.4, -0.2) is 20.3 Å². The predicted molar refractivity (Wildman–Crippen MR) is 73.5 cm³/mol. The quantitative estimate of drug-likeness (QED) is 0.803. The van der Waals surface area contributed by atoms with Gasteiger partial charge in [-0.2, -0.15) is 0 Å². The molecule has 0 aromatic heterocycles. The summed E-state index contributed by atoms with van der Waals surface area (Å²) in [6.07, 6.45) is 1.05. The first-order chi connectivity index (χ1) is 8.19. The van der Waals surface area contributed by atoms with Crippen molar-refractivity contribution in [2.24, 2.45) is 5.92 Å². The SMILES string of the molecule is CCNC(c1ccc(Cl)cc1)C(C)CCOC. The molecular formula is C14H22ClNO. The van der Waals surface area contributed by atoms with Crippen LogP contribution in [0.3, 0.4) is 0 Å². The highest BCUT2D eigenvalue weighted by Crippen LogP contribution is 2.25. The van der Waals surface area contributed by atoms with E-state index in [4.69, 9.17) is 16.3 Å². The average molecular weight is 256 g/mol.